The van der Waals surface area contributed by atoms with Crippen molar-refractivity contribution in [3.8, 4) is 5.82 Å². The zero-order valence-corrected chi connectivity index (χ0v) is 15.9. The van der Waals surface area contributed by atoms with Crippen molar-refractivity contribution >= 4 is 17.7 Å². The van der Waals surface area contributed by atoms with E-state index >= 15 is 0 Å². The van der Waals surface area contributed by atoms with Crippen LogP contribution in [0.4, 0.5) is 5.82 Å². The summed E-state index contributed by atoms with van der Waals surface area (Å²) in [5.41, 5.74) is 0. The van der Waals surface area contributed by atoms with Crippen molar-refractivity contribution in [3.63, 3.8) is 0 Å². The minimum Gasteiger partial charge on any atom is -0.466 e. The Balaban J connectivity index is 1.29. The van der Waals surface area contributed by atoms with Crippen LogP contribution in [0.5, 0.6) is 0 Å². The summed E-state index contributed by atoms with van der Waals surface area (Å²) in [4.78, 5) is 37.1. The lowest BCUT2D eigenvalue weighted by Gasteiger charge is -2.42. The lowest BCUT2D eigenvalue weighted by atomic mass is 9.93. The Hall–Kier alpha value is -2.97. The number of likely N-dealkylation sites (tertiary alicyclic amines) is 1. The first-order valence-corrected chi connectivity index (χ1v) is 9.68. The zero-order valence-electron chi connectivity index (χ0n) is 15.9. The van der Waals surface area contributed by atoms with E-state index in [0.29, 0.717) is 51.4 Å². The molecule has 4 heterocycles. The second-order valence-corrected chi connectivity index (χ2v) is 7.14. The highest BCUT2D eigenvalue weighted by atomic mass is 16.5. The Bertz CT molecular complexity index is 826. The van der Waals surface area contributed by atoms with Crippen molar-refractivity contribution in [3.05, 3.63) is 30.9 Å². The summed E-state index contributed by atoms with van der Waals surface area (Å²) in [6, 6.07) is 3.71. The zero-order chi connectivity index (χ0) is 19.5. The summed E-state index contributed by atoms with van der Waals surface area (Å²) in [5.74, 6) is 1.42. The number of anilines is 1. The number of hydrogen-bond acceptors (Lipinski definition) is 7. The maximum Gasteiger partial charge on any atom is 0.309 e. The maximum atomic E-state index is 12.7. The van der Waals surface area contributed by atoms with Gasteiger partial charge in [0.2, 0.25) is 5.91 Å². The first kappa shape index (κ1) is 18.4. The Morgan fingerprint density at radius 3 is 2.57 bits per heavy atom. The van der Waals surface area contributed by atoms with E-state index < -0.39 is 0 Å². The van der Waals surface area contributed by atoms with E-state index in [2.05, 4.69) is 20.0 Å². The minimum absolute atomic E-state index is 0.0257. The molecule has 0 unspecified atom stereocenters. The quantitative estimate of drug-likeness (QED) is 0.707. The number of amides is 1. The molecule has 0 atom stereocenters. The fourth-order valence-electron chi connectivity index (χ4n) is 3.72. The van der Waals surface area contributed by atoms with Crippen LogP contribution in [-0.2, 0) is 14.3 Å². The Labute approximate surface area is 163 Å². The molecule has 0 N–H and O–H groups in total. The van der Waals surface area contributed by atoms with Crippen molar-refractivity contribution in [2.24, 2.45) is 11.8 Å². The molecule has 0 aromatic carbocycles. The molecule has 2 aliphatic rings. The van der Waals surface area contributed by atoms with Crippen molar-refractivity contribution in [1.82, 2.24) is 24.6 Å². The molecule has 0 aliphatic carbocycles. The predicted molar refractivity (Wildman–Crippen MR) is 101 cm³/mol. The third-order valence-electron chi connectivity index (χ3n) is 5.36. The highest BCUT2D eigenvalue weighted by molar-refractivity contribution is 5.82. The summed E-state index contributed by atoms with van der Waals surface area (Å²) >= 11 is 0. The number of piperidine rings is 1. The van der Waals surface area contributed by atoms with Gasteiger partial charge in [0.1, 0.15) is 12.1 Å². The van der Waals surface area contributed by atoms with Gasteiger partial charge in [0.25, 0.3) is 0 Å². The number of esters is 1. The topological polar surface area (TPSA) is 93.5 Å². The van der Waals surface area contributed by atoms with Crippen LogP contribution >= 0.6 is 0 Å². The molecule has 0 radical (unpaired) electrons. The smallest absolute Gasteiger partial charge is 0.309 e. The first-order chi connectivity index (χ1) is 13.7. The van der Waals surface area contributed by atoms with Crippen LogP contribution < -0.4 is 4.90 Å². The molecule has 2 fully saturated rings. The molecule has 9 heteroatoms. The molecule has 2 saturated heterocycles. The van der Waals surface area contributed by atoms with E-state index in [9.17, 15) is 9.59 Å². The molecule has 4 rings (SSSR count). The van der Waals surface area contributed by atoms with Gasteiger partial charge < -0.3 is 14.5 Å². The average molecular weight is 384 g/mol. The van der Waals surface area contributed by atoms with Crippen molar-refractivity contribution < 1.29 is 14.3 Å². The number of ether oxygens (including phenoxy) is 1. The fourth-order valence-corrected chi connectivity index (χ4v) is 3.72. The van der Waals surface area contributed by atoms with Gasteiger partial charge in [0.15, 0.2) is 5.82 Å². The molecular formula is C19H24N6O3. The third-order valence-corrected chi connectivity index (χ3v) is 5.36. The molecule has 28 heavy (non-hydrogen) atoms. The molecule has 1 amide bonds. The second kappa shape index (κ2) is 7.95. The van der Waals surface area contributed by atoms with Gasteiger partial charge in [0.05, 0.1) is 18.4 Å². The standard InChI is InChI=1S/C19H24N6O3/c1-2-28-19(27)14-4-8-23(9-5-14)18(26)15-11-24(12-15)16-10-17(21-13-20-16)25-7-3-6-22-25/h3,6-7,10,13-15H,2,4-5,8-9,11-12H2,1H3. The number of carbonyl (C=O) groups excluding carboxylic acids is 2. The van der Waals surface area contributed by atoms with Crippen LogP contribution in [0, 0.1) is 11.8 Å². The van der Waals surface area contributed by atoms with Crippen LogP contribution in [0.1, 0.15) is 19.8 Å². The van der Waals surface area contributed by atoms with Crippen LogP contribution in [0.2, 0.25) is 0 Å². The molecule has 0 saturated carbocycles. The van der Waals surface area contributed by atoms with Gasteiger partial charge in [-0.1, -0.05) is 0 Å². The van der Waals surface area contributed by atoms with Gasteiger partial charge in [-0.2, -0.15) is 5.10 Å². The Kier molecular flexibility index (Phi) is 5.23. The number of hydrogen-bond donors (Lipinski definition) is 0. The molecule has 2 aromatic rings. The fraction of sp³-hybridized carbons (Fsp3) is 0.526. The number of aromatic nitrogens is 4. The summed E-state index contributed by atoms with van der Waals surface area (Å²) in [6.45, 7) is 4.75. The first-order valence-electron chi connectivity index (χ1n) is 9.68. The SMILES string of the molecule is CCOC(=O)C1CCN(C(=O)C2CN(c3cc(-n4cccn4)ncn3)C2)CC1. The van der Waals surface area contributed by atoms with Gasteiger partial charge in [0, 0.05) is 44.6 Å². The predicted octanol–water partition coefficient (Wildman–Crippen LogP) is 0.900. The monoisotopic (exact) mass is 384 g/mol. The molecular weight excluding hydrogens is 360 g/mol. The third kappa shape index (κ3) is 3.69. The molecule has 2 aliphatic heterocycles. The number of carbonyl (C=O) groups is 2. The summed E-state index contributed by atoms with van der Waals surface area (Å²) in [6.07, 6.45) is 6.40. The normalized spacial score (nSPS) is 18.0. The summed E-state index contributed by atoms with van der Waals surface area (Å²) < 4.78 is 6.77. The number of rotatable bonds is 5. The van der Waals surface area contributed by atoms with Crippen molar-refractivity contribution in [1.29, 1.82) is 0 Å². The van der Waals surface area contributed by atoms with E-state index in [4.69, 9.17) is 4.74 Å². The van der Waals surface area contributed by atoms with Crippen molar-refractivity contribution in [2.75, 3.05) is 37.7 Å². The molecule has 0 bridgehead atoms. The highest BCUT2D eigenvalue weighted by Crippen LogP contribution is 2.27. The van der Waals surface area contributed by atoms with Crippen molar-refractivity contribution in [2.45, 2.75) is 19.8 Å². The van der Waals surface area contributed by atoms with Gasteiger partial charge in [-0.15, -0.1) is 0 Å². The second-order valence-electron chi connectivity index (χ2n) is 7.14. The lowest BCUT2D eigenvalue weighted by Crippen LogP contribution is -2.56. The Morgan fingerprint density at radius 1 is 1.14 bits per heavy atom. The van der Waals surface area contributed by atoms with Gasteiger partial charge in [-0.3, -0.25) is 9.59 Å². The molecule has 2 aromatic heterocycles. The average Bonchev–Trinajstić information content (AvgIpc) is 3.22. The van der Waals surface area contributed by atoms with Gasteiger partial charge in [-0.25, -0.2) is 14.6 Å². The largest absolute Gasteiger partial charge is 0.466 e. The number of nitrogens with zero attached hydrogens (tertiary/aromatic N) is 6. The van der Waals surface area contributed by atoms with E-state index in [-0.39, 0.29) is 23.7 Å². The molecule has 9 nitrogen and oxygen atoms in total. The highest BCUT2D eigenvalue weighted by Gasteiger charge is 2.38. The minimum atomic E-state index is -0.138. The van der Waals surface area contributed by atoms with E-state index in [1.807, 2.05) is 30.2 Å². The Morgan fingerprint density at radius 2 is 1.89 bits per heavy atom. The van der Waals surface area contributed by atoms with E-state index in [0.717, 1.165) is 5.82 Å². The van der Waals surface area contributed by atoms with Gasteiger partial charge >= 0.3 is 5.97 Å². The van der Waals surface area contributed by atoms with Crippen LogP contribution in [0.25, 0.3) is 5.82 Å². The molecule has 0 spiro atoms. The van der Waals surface area contributed by atoms with E-state index in [1.165, 1.54) is 6.33 Å². The van der Waals surface area contributed by atoms with Crippen LogP contribution in [0.15, 0.2) is 30.9 Å². The molecule has 148 valence electrons. The maximum absolute atomic E-state index is 12.7. The summed E-state index contributed by atoms with van der Waals surface area (Å²) in [5, 5.41) is 4.18. The summed E-state index contributed by atoms with van der Waals surface area (Å²) in [7, 11) is 0. The lowest BCUT2D eigenvalue weighted by molar-refractivity contribution is -0.152. The van der Waals surface area contributed by atoms with Crippen LogP contribution in [0.3, 0.4) is 0 Å². The van der Waals surface area contributed by atoms with Crippen LogP contribution in [-0.4, -0.2) is 69.3 Å². The van der Waals surface area contributed by atoms with Gasteiger partial charge in [-0.05, 0) is 25.8 Å². The van der Waals surface area contributed by atoms with E-state index in [1.54, 1.807) is 10.9 Å².